The van der Waals surface area contributed by atoms with Gasteiger partial charge in [-0.15, -0.1) is 0 Å². The van der Waals surface area contributed by atoms with Gasteiger partial charge < -0.3 is 0 Å². The summed E-state index contributed by atoms with van der Waals surface area (Å²) in [5.74, 6) is 0. The topological polar surface area (TPSA) is 12.0 Å². The monoisotopic (exact) mass is 253 g/mol. The maximum Gasteiger partial charge on any atom is 0.0169 e. The molecule has 0 spiro atoms. The molecular weight excluding hydrogens is 245 g/mol. The number of hydrogen-bond donors (Lipinski definition) is 1. The molecule has 9 heavy (non-hydrogen) atoms. The van der Waals surface area contributed by atoms with Crippen LogP contribution in [0.1, 0.15) is 5.56 Å². The number of thiophene rings is 1. The Morgan fingerprint density at radius 1 is 1.67 bits per heavy atom. The summed E-state index contributed by atoms with van der Waals surface area (Å²) in [6, 6.07) is 2.17. The van der Waals surface area contributed by atoms with E-state index in [1.807, 2.05) is 0 Å². The van der Waals surface area contributed by atoms with Gasteiger partial charge in [0, 0.05) is 29.4 Å². The first-order valence-electron chi connectivity index (χ1n) is 2.78. The van der Waals surface area contributed by atoms with Crippen LogP contribution in [0.3, 0.4) is 0 Å². The first-order valence-corrected chi connectivity index (χ1v) is 4.80. The summed E-state index contributed by atoms with van der Waals surface area (Å²) in [6.07, 6.45) is 1.15. The molecule has 0 aliphatic heterocycles. The minimum Gasteiger partial charge on any atom is -0.261 e. The molecule has 0 fully saturated rings. The number of halogens is 1. The summed E-state index contributed by atoms with van der Waals surface area (Å²) >= 11 is 3.93. The quantitative estimate of drug-likeness (QED) is 0.643. The lowest BCUT2D eigenvalue weighted by Gasteiger charge is -1.91. The minimum atomic E-state index is 1.07. The highest BCUT2D eigenvalue weighted by atomic mass is 127. The molecule has 0 unspecified atom stereocenters. The van der Waals surface area contributed by atoms with Crippen molar-refractivity contribution in [1.82, 2.24) is 3.53 Å². The summed E-state index contributed by atoms with van der Waals surface area (Å²) in [5, 5.41) is 4.30. The number of nitrogens with one attached hydrogen (secondary N) is 1. The van der Waals surface area contributed by atoms with Crippen molar-refractivity contribution in [2.45, 2.75) is 6.42 Å². The molecule has 50 valence electrons. The van der Waals surface area contributed by atoms with Gasteiger partial charge in [-0.05, 0) is 28.8 Å². The highest BCUT2D eigenvalue weighted by Gasteiger charge is 1.89. The highest BCUT2D eigenvalue weighted by Crippen LogP contribution is 2.05. The van der Waals surface area contributed by atoms with Crippen molar-refractivity contribution in [2.24, 2.45) is 0 Å². The third-order valence-electron chi connectivity index (χ3n) is 1.09. The van der Waals surface area contributed by atoms with E-state index in [0.29, 0.717) is 0 Å². The molecule has 0 bridgehead atoms. The van der Waals surface area contributed by atoms with Gasteiger partial charge in [0.2, 0.25) is 0 Å². The molecule has 1 N–H and O–H groups in total. The molecule has 1 aromatic rings. The smallest absolute Gasteiger partial charge is 0.0169 e. The second kappa shape index (κ2) is 4.24. The Balaban J connectivity index is 2.30. The van der Waals surface area contributed by atoms with E-state index >= 15 is 0 Å². The third kappa shape index (κ3) is 2.64. The Bertz CT molecular complexity index is 150. The van der Waals surface area contributed by atoms with Crippen molar-refractivity contribution in [3.8, 4) is 0 Å². The summed E-state index contributed by atoms with van der Waals surface area (Å²) in [5.41, 5.74) is 1.43. The third-order valence-corrected chi connectivity index (χ3v) is 2.36. The predicted octanol–water partition coefficient (Wildman–Crippen LogP) is 2.23. The van der Waals surface area contributed by atoms with Crippen LogP contribution in [-0.2, 0) is 6.42 Å². The van der Waals surface area contributed by atoms with E-state index in [1.54, 1.807) is 11.3 Å². The van der Waals surface area contributed by atoms with Crippen molar-refractivity contribution >= 4 is 34.2 Å². The molecule has 0 amide bonds. The lowest BCUT2D eigenvalue weighted by Crippen LogP contribution is -2.02. The molecule has 1 aromatic heterocycles. The van der Waals surface area contributed by atoms with Crippen LogP contribution in [0.25, 0.3) is 0 Å². The first-order chi connectivity index (χ1) is 4.43. The molecular formula is C6H8INS. The molecule has 0 aliphatic carbocycles. The van der Waals surface area contributed by atoms with Crippen LogP contribution in [0.15, 0.2) is 16.8 Å². The van der Waals surface area contributed by atoms with Crippen molar-refractivity contribution < 1.29 is 0 Å². The van der Waals surface area contributed by atoms with Crippen molar-refractivity contribution in [3.05, 3.63) is 22.4 Å². The summed E-state index contributed by atoms with van der Waals surface area (Å²) < 4.78 is 3.08. The van der Waals surface area contributed by atoms with E-state index < -0.39 is 0 Å². The van der Waals surface area contributed by atoms with Gasteiger partial charge in [0.25, 0.3) is 0 Å². The van der Waals surface area contributed by atoms with Crippen LogP contribution >= 0.6 is 34.2 Å². The minimum absolute atomic E-state index is 1.07. The summed E-state index contributed by atoms with van der Waals surface area (Å²) in [7, 11) is 0. The van der Waals surface area contributed by atoms with Crippen LogP contribution in [-0.4, -0.2) is 6.54 Å². The molecule has 1 heterocycles. The molecule has 0 radical (unpaired) electrons. The molecule has 0 saturated heterocycles. The van der Waals surface area contributed by atoms with Crippen LogP contribution in [0.2, 0.25) is 0 Å². The zero-order chi connectivity index (χ0) is 6.53. The SMILES string of the molecule is INCCc1ccsc1. The second-order valence-electron chi connectivity index (χ2n) is 1.77. The predicted molar refractivity (Wildman–Crippen MR) is 50.0 cm³/mol. The van der Waals surface area contributed by atoms with Gasteiger partial charge in [0.05, 0.1) is 0 Å². The normalized spacial score (nSPS) is 9.89. The maximum absolute atomic E-state index is 3.08. The number of hydrogen-bond acceptors (Lipinski definition) is 2. The van der Waals surface area contributed by atoms with E-state index in [0.717, 1.165) is 13.0 Å². The summed E-state index contributed by atoms with van der Waals surface area (Å²) in [6.45, 7) is 1.07. The molecule has 1 rings (SSSR count). The van der Waals surface area contributed by atoms with Crippen LogP contribution in [0.5, 0.6) is 0 Å². The Morgan fingerprint density at radius 2 is 2.56 bits per heavy atom. The molecule has 0 atom stereocenters. The van der Waals surface area contributed by atoms with Crippen molar-refractivity contribution in [1.29, 1.82) is 0 Å². The van der Waals surface area contributed by atoms with Crippen LogP contribution in [0.4, 0.5) is 0 Å². The molecule has 0 aromatic carbocycles. The van der Waals surface area contributed by atoms with Gasteiger partial charge in [-0.3, -0.25) is 3.53 Å². The van der Waals surface area contributed by atoms with Gasteiger partial charge in [-0.1, -0.05) is 0 Å². The molecule has 0 saturated carbocycles. The van der Waals surface area contributed by atoms with E-state index in [9.17, 15) is 0 Å². The number of rotatable bonds is 3. The molecule has 1 nitrogen and oxygen atoms in total. The van der Waals surface area contributed by atoms with Gasteiger partial charge in [0.1, 0.15) is 0 Å². The first kappa shape index (κ1) is 7.50. The standard InChI is InChI=1S/C6H8INS/c7-8-3-1-6-2-4-9-5-6/h2,4-5,8H,1,3H2. The van der Waals surface area contributed by atoms with Crippen LogP contribution in [0, 0.1) is 0 Å². The average molecular weight is 253 g/mol. The van der Waals surface area contributed by atoms with Crippen LogP contribution < -0.4 is 3.53 Å². The molecule has 0 aliphatic rings. The van der Waals surface area contributed by atoms with Crippen molar-refractivity contribution in [3.63, 3.8) is 0 Å². The summed E-state index contributed by atoms with van der Waals surface area (Å²) in [4.78, 5) is 0. The Hall–Kier alpha value is 0.390. The Labute approximate surface area is 73.0 Å². The highest BCUT2D eigenvalue weighted by molar-refractivity contribution is 14.1. The zero-order valence-corrected chi connectivity index (χ0v) is 7.91. The maximum atomic E-state index is 3.08. The Morgan fingerprint density at radius 3 is 3.11 bits per heavy atom. The fourth-order valence-corrected chi connectivity index (χ4v) is 1.60. The fourth-order valence-electron chi connectivity index (χ4n) is 0.626. The Kier molecular flexibility index (Phi) is 3.54. The van der Waals surface area contributed by atoms with E-state index in [2.05, 4.69) is 43.2 Å². The van der Waals surface area contributed by atoms with Gasteiger partial charge in [-0.25, -0.2) is 0 Å². The molecule has 3 heteroatoms. The van der Waals surface area contributed by atoms with E-state index in [4.69, 9.17) is 0 Å². The average Bonchev–Trinajstić information content (AvgIpc) is 2.34. The largest absolute Gasteiger partial charge is 0.261 e. The zero-order valence-electron chi connectivity index (χ0n) is 4.93. The lowest BCUT2D eigenvalue weighted by atomic mass is 10.2. The fraction of sp³-hybridized carbons (Fsp3) is 0.333. The lowest BCUT2D eigenvalue weighted by molar-refractivity contribution is 0.937. The van der Waals surface area contributed by atoms with E-state index in [1.165, 1.54) is 5.56 Å². The van der Waals surface area contributed by atoms with Crippen molar-refractivity contribution in [2.75, 3.05) is 6.54 Å². The van der Waals surface area contributed by atoms with Gasteiger partial charge in [-0.2, -0.15) is 11.3 Å². The second-order valence-corrected chi connectivity index (χ2v) is 3.31. The van der Waals surface area contributed by atoms with Gasteiger partial charge >= 0.3 is 0 Å². The van der Waals surface area contributed by atoms with E-state index in [-0.39, 0.29) is 0 Å². The van der Waals surface area contributed by atoms with Gasteiger partial charge in [0.15, 0.2) is 0 Å².